The average Bonchev–Trinajstić information content (AvgIpc) is 2.64. The second-order valence-electron chi connectivity index (χ2n) is 5.16. The molecule has 2 aromatic rings. The quantitative estimate of drug-likeness (QED) is 0.594. The Morgan fingerprint density at radius 3 is 2.63 bits per heavy atom. The van der Waals surface area contributed by atoms with Crippen molar-refractivity contribution >= 4 is 23.2 Å². The number of aromatic nitrogens is 1. The summed E-state index contributed by atoms with van der Waals surface area (Å²) in [6.45, 7) is -0.103. The highest BCUT2D eigenvalue weighted by molar-refractivity contribution is 6.45. The summed E-state index contributed by atoms with van der Waals surface area (Å²) < 4.78 is 43.4. The molecule has 1 N–H and O–H groups in total. The topological polar surface area (TPSA) is 72.8 Å². The second-order valence-corrected chi connectivity index (χ2v) is 5.56. The minimum Gasteiger partial charge on any atom is -0.472 e. The largest absolute Gasteiger partial charge is 0.472 e. The zero-order chi connectivity index (χ0) is 20.0. The SMILES string of the molecule is CNC(=O)/C(=N/OC)c1ccccc1COc1ncc(C(F)(F)F)cc1Cl. The number of benzene rings is 1. The highest BCUT2D eigenvalue weighted by Gasteiger charge is 2.31. The van der Waals surface area contributed by atoms with Crippen LogP contribution in [0.15, 0.2) is 41.7 Å². The molecule has 1 heterocycles. The third-order valence-corrected chi connectivity index (χ3v) is 3.67. The molecule has 1 amide bonds. The van der Waals surface area contributed by atoms with Gasteiger partial charge in [0.15, 0.2) is 5.71 Å². The van der Waals surface area contributed by atoms with Gasteiger partial charge in [0, 0.05) is 18.8 Å². The maximum atomic E-state index is 12.7. The van der Waals surface area contributed by atoms with E-state index in [2.05, 4.69) is 15.5 Å². The Morgan fingerprint density at radius 2 is 2.04 bits per heavy atom. The van der Waals surface area contributed by atoms with E-state index in [1.165, 1.54) is 14.2 Å². The number of carbonyl (C=O) groups excluding carboxylic acids is 1. The third kappa shape index (κ3) is 5.10. The van der Waals surface area contributed by atoms with Crippen LogP contribution < -0.4 is 10.1 Å². The molecular weight excluding hydrogens is 387 g/mol. The molecule has 0 saturated carbocycles. The van der Waals surface area contributed by atoms with Crippen LogP contribution in [0.1, 0.15) is 16.7 Å². The lowest BCUT2D eigenvalue weighted by molar-refractivity contribution is -0.137. The van der Waals surface area contributed by atoms with Gasteiger partial charge in [0.25, 0.3) is 5.91 Å². The van der Waals surface area contributed by atoms with Gasteiger partial charge in [-0.15, -0.1) is 0 Å². The number of likely N-dealkylation sites (N-methyl/N-ethyl adjacent to an activating group) is 1. The lowest BCUT2D eigenvalue weighted by Gasteiger charge is -2.13. The Kier molecular flexibility index (Phi) is 6.62. The Labute approximate surface area is 157 Å². The minimum atomic E-state index is -4.55. The van der Waals surface area contributed by atoms with Gasteiger partial charge < -0.3 is 14.9 Å². The molecular formula is C17H15ClF3N3O3. The Morgan fingerprint density at radius 1 is 1.33 bits per heavy atom. The molecule has 0 bridgehead atoms. The van der Waals surface area contributed by atoms with E-state index >= 15 is 0 Å². The maximum absolute atomic E-state index is 12.7. The first-order chi connectivity index (χ1) is 12.8. The van der Waals surface area contributed by atoms with Gasteiger partial charge in [-0.05, 0) is 11.6 Å². The molecule has 2 rings (SSSR count). The summed E-state index contributed by atoms with van der Waals surface area (Å²) in [5.74, 6) is -0.639. The van der Waals surface area contributed by atoms with Crippen molar-refractivity contribution in [3.63, 3.8) is 0 Å². The van der Waals surface area contributed by atoms with Crippen LogP contribution >= 0.6 is 11.6 Å². The van der Waals surface area contributed by atoms with E-state index < -0.39 is 17.6 Å². The normalized spacial score (nSPS) is 11.9. The van der Waals surface area contributed by atoms with Crippen LogP contribution in [0.2, 0.25) is 5.02 Å². The molecule has 0 aliphatic rings. The predicted octanol–water partition coefficient (Wildman–Crippen LogP) is 3.43. The average molecular weight is 402 g/mol. The molecule has 144 valence electrons. The van der Waals surface area contributed by atoms with Crippen LogP contribution in [0, 0.1) is 0 Å². The lowest BCUT2D eigenvalue weighted by atomic mass is 10.0. The molecule has 0 fully saturated rings. The molecule has 1 aromatic heterocycles. The van der Waals surface area contributed by atoms with Crippen molar-refractivity contribution in [2.24, 2.45) is 5.16 Å². The zero-order valence-corrected chi connectivity index (χ0v) is 15.1. The minimum absolute atomic E-state index is 0.0191. The van der Waals surface area contributed by atoms with E-state index in [9.17, 15) is 18.0 Å². The van der Waals surface area contributed by atoms with Crippen molar-refractivity contribution in [2.45, 2.75) is 12.8 Å². The van der Waals surface area contributed by atoms with Crippen LogP contribution in [0.5, 0.6) is 5.88 Å². The van der Waals surface area contributed by atoms with E-state index in [4.69, 9.17) is 21.2 Å². The fraction of sp³-hybridized carbons (Fsp3) is 0.235. The number of nitrogens with one attached hydrogen (secondary N) is 1. The fourth-order valence-electron chi connectivity index (χ4n) is 2.13. The zero-order valence-electron chi connectivity index (χ0n) is 14.3. The van der Waals surface area contributed by atoms with Gasteiger partial charge in [-0.2, -0.15) is 13.2 Å². The predicted molar refractivity (Wildman–Crippen MR) is 92.6 cm³/mol. The van der Waals surface area contributed by atoms with Crippen molar-refractivity contribution in [3.8, 4) is 5.88 Å². The van der Waals surface area contributed by atoms with Gasteiger partial charge >= 0.3 is 6.18 Å². The van der Waals surface area contributed by atoms with Gasteiger partial charge in [0.2, 0.25) is 5.88 Å². The van der Waals surface area contributed by atoms with Crippen LogP contribution in [0.4, 0.5) is 13.2 Å². The monoisotopic (exact) mass is 401 g/mol. The van der Waals surface area contributed by atoms with Crippen molar-refractivity contribution in [1.82, 2.24) is 10.3 Å². The van der Waals surface area contributed by atoms with Crippen molar-refractivity contribution < 1.29 is 27.5 Å². The van der Waals surface area contributed by atoms with E-state index in [0.717, 1.165) is 6.07 Å². The van der Waals surface area contributed by atoms with E-state index in [1.54, 1.807) is 24.3 Å². The first kappa shape index (κ1) is 20.5. The summed E-state index contributed by atoms with van der Waals surface area (Å²) in [6, 6.07) is 7.43. The molecule has 0 aliphatic carbocycles. The molecule has 1 aromatic carbocycles. The van der Waals surface area contributed by atoms with Crippen molar-refractivity contribution in [3.05, 3.63) is 58.2 Å². The lowest BCUT2D eigenvalue weighted by Crippen LogP contribution is -2.29. The number of hydrogen-bond acceptors (Lipinski definition) is 5. The number of pyridine rings is 1. The second kappa shape index (κ2) is 8.72. The summed E-state index contributed by atoms with van der Waals surface area (Å²) in [4.78, 5) is 20.3. The number of hydrogen-bond donors (Lipinski definition) is 1. The van der Waals surface area contributed by atoms with Gasteiger partial charge in [-0.25, -0.2) is 4.98 Å². The number of alkyl halides is 3. The standard InChI is InChI=1S/C17H15ClF3N3O3/c1-22-15(25)14(24-26-2)12-6-4-3-5-10(12)9-27-16-13(18)7-11(8-23-16)17(19,20)21/h3-8H,9H2,1-2H3,(H,22,25)/b24-14+. The number of ether oxygens (including phenoxy) is 1. The van der Waals surface area contributed by atoms with Crippen molar-refractivity contribution in [2.75, 3.05) is 14.2 Å². The van der Waals surface area contributed by atoms with E-state index in [-0.39, 0.29) is 23.2 Å². The fourth-order valence-corrected chi connectivity index (χ4v) is 2.35. The summed E-state index contributed by atoms with van der Waals surface area (Å²) in [6.07, 6.45) is -3.92. The van der Waals surface area contributed by atoms with Crippen LogP contribution in [0.25, 0.3) is 0 Å². The number of rotatable bonds is 6. The maximum Gasteiger partial charge on any atom is 0.417 e. The van der Waals surface area contributed by atoms with Gasteiger partial charge in [-0.3, -0.25) is 4.79 Å². The summed E-state index contributed by atoms with van der Waals surface area (Å²) in [5.41, 5.74) is 0.0106. The van der Waals surface area contributed by atoms with Gasteiger partial charge in [0.1, 0.15) is 18.7 Å². The molecule has 0 aliphatic heterocycles. The Hall–Kier alpha value is -2.81. The third-order valence-electron chi connectivity index (χ3n) is 3.40. The molecule has 0 radical (unpaired) electrons. The number of amides is 1. The molecule has 27 heavy (non-hydrogen) atoms. The van der Waals surface area contributed by atoms with Crippen LogP contribution in [-0.2, 0) is 22.4 Å². The molecule has 0 saturated heterocycles. The summed E-state index contributed by atoms with van der Waals surface area (Å²) in [5, 5.41) is 5.89. The van der Waals surface area contributed by atoms with Gasteiger partial charge in [-0.1, -0.05) is 41.0 Å². The van der Waals surface area contributed by atoms with Crippen LogP contribution in [-0.4, -0.2) is 30.8 Å². The summed E-state index contributed by atoms with van der Waals surface area (Å²) in [7, 11) is 2.74. The van der Waals surface area contributed by atoms with E-state index in [0.29, 0.717) is 17.3 Å². The molecule has 6 nitrogen and oxygen atoms in total. The first-order valence-corrected chi connectivity index (χ1v) is 7.92. The number of nitrogens with zero attached hydrogens (tertiary/aromatic N) is 2. The molecule has 0 unspecified atom stereocenters. The number of halogens is 4. The van der Waals surface area contributed by atoms with E-state index in [1.807, 2.05) is 0 Å². The number of carbonyl (C=O) groups is 1. The Bertz CT molecular complexity index is 857. The number of oxime groups is 1. The first-order valence-electron chi connectivity index (χ1n) is 7.55. The highest BCUT2D eigenvalue weighted by Crippen LogP contribution is 2.33. The summed E-state index contributed by atoms with van der Waals surface area (Å²) >= 11 is 5.83. The van der Waals surface area contributed by atoms with Crippen molar-refractivity contribution in [1.29, 1.82) is 0 Å². The Balaban J connectivity index is 2.27. The van der Waals surface area contributed by atoms with Crippen LogP contribution in [0.3, 0.4) is 0 Å². The van der Waals surface area contributed by atoms with Gasteiger partial charge in [0.05, 0.1) is 5.56 Å². The molecule has 0 atom stereocenters. The smallest absolute Gasteiger partial charge is 0.417 e. The molecule has 10 heteroatoms. The molecule has 0 spiro atoms. The highest BCUT2D eigenvalue weighted by atomic mass is 35.5.